The molecule has 1 aromatic carbocycles. The van der Waals surface area contributed by atoms with Gasteiger partial charge >= 0.3 is 0 Å². The molecular weight excluding hydrogens is 412 g/mol. The lowest BCUT2D eigenvalue weighted by Gasteiger charge is -2.11. The summed E-state index contributed by atoms with van der Waals surface area (Å²) >= 11 is 0. The van der Waals surface area contributed by atoms with Crippen molar-refractivity contribution in [3.63, 3.8) is 0 Å². The van der Waals surface area contributed by atoms with Crippen molar-refractivity contribution in [1.29, 1.82) is 0 Å². The largest absolute Gasteiger partial charge is 0.494 e. The van der Waals surface area contributed by atoms with Crippen molar-refractivity contribution in [2.75, 3.05) is 12.3 Å². The molecule has 11 nitrogen and oxygen atoms in total. The van der Waals surface area contributed by atoms with Crippen LogP contribution in [0.25, 0.3) is 17.1 Å². The molecule has 1 aliphatic carbocycles. The molecule has 1 aliphatic rings. The van der Waals surface area contributed by atoms with E-state index in [0.29, 0.717) is 23.8 Å². The van der Waals surface area contributed by atoms with Crippen molar-refractivity contribution in [3.8, 4) is 22.8 Å². The molecule has 32 heavy (non-hydrogen) atoms. The molecule has 2 heterocycles. The van der Waals surface area contributed by atoms with Gasteiger partial charge in [0.05, 0.1) is 6.61 Å². The highest BCUT2D eigenvalue weighted by Crippen LogP contribution is 2.28. The minimum Gasteiger partial charge on any atom is -0.494 e. The van der Waals surface area contributed by atoms with Gasteiger partial charge in [-0.2, -0.15) is 9.78 Å². The molecule has 4 rings (SSSR count). The third-order valence-electron chi connectivity index (χ3n) is 4.94. The minimum atomic E-state index is -0.504. The number of hydrogen-bond acceptors (Lipinski definition) is 9. The van der Waals surface area contributed by atoms with Crippen molar-refractivity contribution in [3.05, 3.63) is 42.1 Å². The SMILES string of the molecule is CCCOc1ccc(-c2c(C(=O)N/N=C\[C@@H]3CC=CCC3)nnn2-c2nonc2N)cc1. The lowest BCUT2D eigenvalue weighted by atomic mass is 9.96. The molecule has 0 bridgehead atoms. The molecule has 166 valence electrons. The Hall–Kier alpha value is -4.02. The normalized spacial score (nSPS) is 15.8. The zero-order valence-electron chi connectivity index (χ0n) is 17.6. The molecule has 0 radical (unpaired) electrons. The van der Waals surface area contributed by atoms with Gasteiger partial charge < -0.3 is 10.5 Å². The van der Waals surface area contributed by atoms with E-state index < -0.39 is 5.91 Å². The first kappa shape index (κ1) is 21.2. The van der Waals surface area contributed by atoms with Gasteiger partial charge in [0.15, 0.2) is 5.69 Å². The molecule has 0 spiro atoms. The second kappa shape index (κ2) is 9.86. The van der Waals surface area contributed by atoms with Gasteiger partial charge in [0.25, 0.3) is 5.91 Å². The van der Waals surface area contributed by atoms with Crippen LogP contribution in [0.3, 0.4) is 0 Å². The zero-order valence-corrected chi connectivity index (χ0v) is 17.6. The Morgan fingerprint density at radius 2 is 2.19 bits per heavy atom. The number of benzene rings is 1. The fourth-order valence-corrected chi connectivity index (χ4v) is 3.32. The molecule has 2 aromatic heterocycles. The lowest BCUT2D eigenvalue weighted by Crippen LogP contribution is -2.20. The van der Waals surface area contributed by atoms with Crippen molar-refractivity contribution in [1.82, 2.24) is 30.7 Å². The Morgan fingerprint density at radius 3 is 2.88 bits per heavy atom. The van der Waals surface area contributed by atoms with Crippen LogP contribution in [0.15, 0.2) is 46.1 Å². The maximum Gasteiger partial charge on any atom is 0.294 e. The van der Waals surface area contributed by atoms with E-state index in [2.05, 4.69) is 43.3 Å². The molecule has 0 saturated carbocycles. The van der Waals surface area contributed by atoms with Gasteiger partial charge in [-0.3, -0.25) is 4.79 Å². The van der Waals surface area contributed by atoms with E-state index in [-0.39, 0.29) is 17.3 Å². The maximum absolute atomic E-state index is 12.9. The molecule has 3 aromatic rings. The second-order valence-corrected chi connectivity index (χ2v) is 7.31. The number of nitrogens with zero attached hydrogens (tertiary/aromatic N) is 6. The summed E-state index contributed by atoms with van der Waals surface area (Å²) in [6.07, 6.45) is 9.85. The molecule has 1 amide bonds. The number of rotatable bonds is 8. The number of hydrogen-bond donors (Lipinski definition) is 2. The number of nitrogen functional groups attached to an aromatic ring is 1. The molecule has 0 unspecified atom stereocenters. The van der Waals surface area contributed by atoms with E-state index in [0.717, 1.165) is 31.4 Å². The number of nitrogens with one attached hydrogen (secondary N) is 1. The maximum atomic E-state index is 12.9. The van der Waals surface area contributed by atoms with Gasteiger partial charge in [0.1, 0.15) is 11.4 Å². The molecule has 0 saturated heterocycles. The van der Waals surface area contributed by atoms with Crippen LogP contribution in [0.2, 0.25) is 0 Å². The lowest BCUT2D eigenvalue weighted by molar-refractivity contribution is 0.0950. The summed E-state index contributed by atoms with van der Waals surface area (Å²) in [5, 5.41) is 19.6. The van der Waals surface area contributed by atoms with Crippen LogP contribution in [0.5, 0.6) is 5.75 Å². The predicted molar refractivity (Wildman–Crippen MR) is 117 cm³/mol. The predicted octanol–water partition coefficient (Wildman–Crippen LogP) is 2.76. The monoisotopic (exact) mass is 436 g/mol. The van der Waals surface area contributed by atoms with E-state index in [9.17, 15) is 4.79 Å². The van der Waals surface area contributed by atoms with Gasteiger partial charge in [-0.15, -0.1) is 5.10 Å². The number of anilines is 1. The van der Waals surface area contributed by atoms with Crippen molar-refractivity contribution >= 4 is 17.9 Å². The summed E-state index contributed by atoms with van der Waals surface area (Å²) in [4.78, 5) is 12.9. The number of hydrazone groups is 1. The number of carbonyl (C=O) groups excluding carboxylic acids is 1. The van der Waals surface area contributed by atoms with Crippen LogP contribution < -0.4 is 15.9 Å². The molecular formula is C21H24N8O3. The highest BCUT2D eigenvalue weighted by Gasteiger charge is 2.25. The summed E-state index contributed by atoms with van der Waals surface area (Å²) < 4.78 is 11.6. The summed E-state index contributed by atoms with van der Waals surface area (Å²) in [6.45, 7) is 2.65. The zero-order chi connectivity index (χ0) is 22.3. The Bertz CT molecular complexity index is 1120. The van der Waals surface area contributed by atoms with Crippen LogP contribution in [-0.4, -0.2) is 44.0 Å². The third-order valence-corrected chi connectivity index (χ3v) is 4.94. The number of carbonyl (C=O) groups is 1. The first-order valence-corrected chi connectivity index (χ1v) is 10.4. The number of aromatic nitrogens is 5. The van der Waals surface area contributed by atoms with E-state index in [4.69, 9.17) is 15.1 Å². The van der Waals surface area contributed by atoms with Gasteiger partial charge in [0.2, 0.25) is 11.6 Å². The smallest absolute Gasteiger partial charge is 0.294 e. The molecule has 3 N–H and O–H groups in total. The summed E-state index contributed by atoms with van der Waals surface area (Å²) in [6, 6.07) is 7.23. The van der Waals surface area contributed by atoms with E-state index >= 15 is 0 Å². The van der Waals surface area contributed by atoms with Crippen molar-refractivity contribution in [2.24, 2.45) is 11.0 Å². The van der Waals surface area contributed by atoms with Gasteiger partial charge in [0, 0.05) is 11.8 Å². The second-order valence-electron chi connectivity index (χ2n) is 7.31. The summed E-state index contributed by atoms with van der Waals surface area (Å²) in [5.74, 6) is 0.668. The average molecular weight is 436 g/mol. The Kier molecular flexibility index (Phi) is 6.54. The number of ether oxygens (including phenoxy) is 1. The third kappa shape index (κ3) is 4.66. The van der Waals surface area contributed by atoms with Gasteiger partial charge in [-0.1, -0.05) is 24.3 Å². The molecule has 0 aliphatic heterocycles. The van der Waals surface area contributed by atoms with Crippen LogP contribution in [0, 0.1) is 5.92 Å². The molecule has 1 atom stereocenters. The fraction of sp³-hybridized carbons (Fsp3) is 0.333. The fourth-order valence-electron chi connectivity index (χ4n) is 3.32. The quantitative estimate of drug-likeness (QED) is 0.311. The number of nitrogens with two attached hydrogens (primary N) is 1. The van der Waals surface area contributed by atoms with E-state index in [1.165, 1.54) is 4.68 Å². The van der Waals surface area contributed by atoms with Gasteiger partial charge in [-0.05, 0) is 66.2 Å². The highest BCUT2D eigenvalue weighted by atomic mass is 16.6. The minimum absolute atomic E-state index is 0.0226. The highest BCUT2D eigenvalue weighted by molar-refractivity contribution is 5.98. The number of allylic oxidation sites excluding steroid dienone is 2. The van der Waals surface area contributed by atoms with Gasteiger partial charge in [-0.25, -0.2) is 10.1 Å². The topological polar surface area (TPSA) is 146 Å². The van der Waals surface area contributed by atoms with Crippen molar-refractivity contribution in [2.45, 2.75) is 32.6 Å². The summed E-state index contributed by atoms with van der Waals surface area (Å²) in [5.41, 5.74) is 9.49. The van der Waals surface area contributed by atoms with Crippen LogP contribution in [0.1, 0.15) is 43.1 Å². The first-order chi connectivity index (χ1) is 15.7. The standard InChI is InChI=1S/C21H24N8O3/c1-2-12-31-16-10-8-15(9-11-16)18-17(24-28-29(18)20-19(22)26-32-27-20)21(30)25-23-13-14-6-4-3-5-7-14/h3-4,8-11,13-14H,2,5-7,12H2,1H3,(H2,22,26)(H,25,30)/b23-13-/t14-/m1/s1. The first-order valence-electron chi connectivity index (χ1n) is 10.4. The summed E-state index contributed by atoms with van der Waals surface area (Å²) in [7, 11) is 0. The number of amides is 1. The molecule has 0 fully saturated rings. The van der Waals surface area contributed by atoms with Crippen molar-refractivity contribution < 1.29 is 14.2 Å². The Balaban J connectivity index is 1.63. The van der Waals surface area contributed by atoms with Crippen LogP contribution >= 0.6 is 0 Å². The average Bonchev–Trinajstić information content (AvgIpc) is 3.44. The van der Waals surface area contributed by atoms with Crippen LogP contribution in [-0.2, 0) is 0 Å². The van der Waals surface area contributed by atoms with E-state index in [1.807, 2.05) is 19.1 Å². The van der Waals surface area contributed by atoms with Crippen LogP contribution in [0.4, 0.5) is 5.82 Å². The molecule has 11 heteroatoms. The Labute approximate surface area is 184 Å². The van der Waals surface area contributed by atoms with E-state index in [1.54, 1.807) is 18.3 Å². The Morgan fingerprint density at radius 1 is 1.34 bits per heavy atom.